The molecule has 4 rings (SSSR count). The molecule has 2 aromatic rings. The van der Waals surface area contributed by atoms with Crippen molar-refractivity contribution in [1.29, 1.82) is 0 Å². The van der Waals surface area contributed by atoms with Crippen LogP contribution in [0.15, 0.2) is 17.2 Å². The van der Waals surface area contributed by atoms with Crippen LogP contribution in [0.1, 0.15) is 51.1 Å². The third kappa shape index (κ3) is 4.67. The largest absolute Gasteiger partial charge is 0.383 e. The Bertz CT molecular complexity index is 1170. The van der Waals surface area contributed by atoms with Crippen LogP contribution < -0.4 is 4.72 Å². The molecule has 1 aromatic heterocycles. The van der Waals surface area contributed by atoms with Gasteiger partial charge in [0, 0.05) is 33.8 Å². The fourth-order valence-corrected chi connectivity index (χ4v) is 5.82. The number of amides is 2. The van der Waals surface area contributed by atoms with Crippen molar-refractivity contribution in [3.05, 3.63) is 45.6 Å². The molecule has 33 heavy (non-hydrogen) atoms. The van der Waals surface area contributed by atoms with Crippen LogP contribution >= 0.6 is 0 Å². The number of methoxy groups -OCH3 is 1. The minimum Gasteiger partial charge on any atom is -0.383 e. The van der Waals surface area contributed by atoms with Crippen molar-refractivity contribution in [2.24, 2.45) is 7.05 Å². The summed E-state index contributed by atoms with van der Waals surface area (Å²) in [5.41, 5.74) is 6.14. The Hall–Kier alpha value is -2.72. The van der Waals surface area contributed by atoms with Gasteiger partial charge in [0.1, 0.15) is 5.69 Å². The van der Waals surface area contributed by atoms with Gasteiger partial charge in [0.05, 0.1) is 13.0 Å². The summed E-state index contributed by atoms with van der Waals surface area (Å²) < 4.78 is 34.1. The first-order chi connectivity index (χ1) is 15.7. The van der Waals surface area contributed by atoms with Crippen LogP contribution in [-0.2, 0) is 58.7 Å². The average Bonchev–Trinajstić information content (AvgIpc) is 3.50. The third-order valence-corrected chi connectivity index (χ3v) is 7.76. The van der Waals surface area contributed by atoms with Gasteiger partial charge in [0.15, 0.2) is 5.03 Å². The average molecular weight is 475 g/mol. The number of carbonyl (C=O) groups is 2. The van der Waals surface area contributed by atoms with Crippen LogP contribution in [0.5, 0.6) is 0 Å². The van der Waals surface area contributed by atoms with E-state index in [9.17, 15) is 18.0 Å². The predicted octanol–water partition coefficient (Wildman–Crippen LogP) is 1.16. The van der Waals surface area contributed by atoms with Gasteiger partial charge in [-0.05, 0) is 66.3 Å². The monoisotopic (exact) mass is 474 g/mol. The maximum absolute atomic E-state index is 12.9. The molecule has 0 saturated carbocycles. The van der Waals surface area contributed by atoms with E-state index in [0.29, 0.717) is 13.2 Å². The van der Waals surface area contributed by atoms with Crippen LogP contribution in [0.2, 0.25) is 0 Å². The third-order valence-electron chi connectivity index (χ3n) is 6.51. The molecule has 0 bridgehead atoms. The lowest BCUT2D eigenvalue weighted by atomic mass is 9.92. The number of likely N-dealkylation sites (N-methyl/N-ethyl adjacent to an activating group) is 1. The Kier molecular flexibility index (Phi) is 6.58. The maximum Gasteiger partial charge on any atom is 0.283 e. The molecule has 0 saturated heterocycles. The highest BCUT2D eigenvalue weighted by molar-refractivity contribution is 7.90. The molecule has 0 spiro atoms. The van der Waals surface area contributed by atoms with Crippen molar-refractivity contribution in [2.45, 2.75) is 50.0 Å². The molecule has 2 amide bonds. The van der Waals surface area contributed by atoms with E-state index in [1.165, 1.54) is 52.1 Å². The van der Waals surface area contributed by atoms with Crippen LogP contribution in [0.25, 0.3) is 0 Å². The molecular weight excluding hydrogens is 444 g/mol. The van der Waals surface area contributed by atoms with Crippen molar-refractivity contribution in [1.82, 2.24) is 19.4 Å². The number of ether oxygens (including phenoxy) is 1. The molecule has 2 aliphatic carbocycles. The quantitative estimate of drug-likeness (QED) is 0.615. The van der Waals surface area contributed by atoms with E-state index in [0.717, 1.165) is 44.1 Å². The number of benzene rings is 1. The van der Waals surface area contributed by atoms with Gasteiger partial charge in [-0.1, -0.05) is 6.07 Å². The first-order valence-corrected chi connectivity index (χ1v) is 12.7. The molecule has 178 valence electrons. The van der Waals surface area contributed by atoms with Gasteiger partial charge in [-0.15, -0.1) is 0 Å². The van der Waals surface area contributed by atoms with Crippen molar-refractivity contribution in [2.75, 3.05) is 27.3 Å². The normalized spacial score (nSPS) is 14.8. The smallest absolute Gasteiger partial charge is 0.283 e. The highest BCUT2D eigenvalue weighted by Gasteiger charge is 2.28. The standard InChI is InChI=1S/C23H30N4O5S/c1-26(10-11-32-3)23(29)20-14-22(24-27(20)2)33(30,31)25-21(28)13-19-17-8-4-6-15(17)12-16-7-5-9-18(16)19/h12,14H,4-11,13H2,1-3H3,(H,25,28). The zero-order valence-corrected chi connectivity index (χ0v) is 20.1. The summed E-state index contributed by atoms with van der Waals surface area (Å²) in [7, 11) is 0.416. The summed E-state index contributed by atoms with van der Waals surface area (Å²) in [6.07, 6.45) is 6.05. The topological polar surface area (TPSA) is 111 Å². The number of carbonyl (C=O) groups excluding carboxylic acids is 2. The summed E-state index contributed by atoms with van der Waals surface area (Å²) in [6, 6.07) is 3.47. The minimum atomic E-state index is -4.21. The summed E-state index contributed by atoms with van der Waals surface area (Å²) >= 11 is 0. The number of nitrogens with one attached hydrogen (secondary N) is 1. The second-order valence-corrected chi connectivity index (χ2v) is 10.4. The number of hydrogen-bond donors (Lipinski definition) is 1. The summed E-state index contributed by atoms with van der Waals surface area (Å²) in [5.74, 6) is -0.967. The molecule has 0 atom stereocenters. The van der Waals surface area contributed by atoms with E-state index >= 15 is 0 Å². The van der Waals surface area contributed by atoms with E-state index < -0.39 is 15.9 Å². The number of hydrogen-bond acceptors (Lipinski definition) is 6. The summed E-state index contributed by atoms with van der Waals surface area (Å²) in [5, 5.41) is 3.62. The lowest BCUT2D eigenvalue weighted by Crippen LogP contribution is -2.32. The highest BCUT2D eigenvalue weighted by Crippen LogP contribution is 2.35. The van der Waals surface area contributed by atoms with Crippen molar-refractivity contribution in [3.63, 3.8) is 0 Å². The Morgan fingerprint density at radius 3 is 2.36 bits per heavy atom. The van der Waals surface area contributed by atoms with Gasteiger partial charge >= 0.3 is 0 Å². The number of rotatable bonds is 8. The number of fused-ring (bicyclic) bond motifs is 2. The first kappa shape index (κ1) is 23.4. The van der Waals surface area contributed by atoms with E-state index in [-0.39, 0.29) is 23.0 Å². The molecule has 10 heteroatoms. The number of nitrogens with zero attached hydrogens (tertiary/aromatic N) is 3. The minimum absolute atomic E-state index is 0.0309. The Morgan fingerprint density at radius 2 is 1.76 bits per heavy atom. The van der Waals surface area contributed by atoms with Crippen molar-refractivity contribution in [3.8, 4) is 0 Å². The highest BCUT2D eigenvalue weighted by atomic mass is 32.2. The van der Waals surface area contributed by atoms with E-state index in [1.807, 2.05) is 0 Å². The van der Waals surface area contributed by atoms with Gasteiger partial charge in [-0.3, -0.25) is 14.3 Å². The van der Waals surface area contributed by atoms with Crippen LogP contribution in [0, 0.1) is 0 Å². The van der Waals surface area contributed by atoms with Crippen LogP contribution in [-0.4, -0.2) is 62.2 Å². The predicted molar refractivity (Wildman–Crippen MR) is 122 cm³/mol. The second kappa shape index (κ2) is 9.26. The van der Waals surface area contributed by atoms with Crippen molar-refractivity contribution >= 4 is 21.8 Å². The molecule has 0 unspecified atom stereocenters. The first-order valence-electron chi connectivity index (χ1n) is 11.2. The van der Waals surface area contributed by atoms with Crippen LogP contribution in [0.4, 0.5) is 0 Å². The second-order valence-electron chi connectivity index (χ2n) is 8.75. The fourth-order valence-electron chi connectivity index (χ4n) is 4.84. The SMILES string of the molecule is COCCN(C)C(=O)c1cc(S(=O)(=O)NC(=O)Cc2c3c(cc4c2CCC4)CCC3)nn1C. The van der Waals surface area contributed by atoms with E-state index in [1.54, 1.807) is 7.05 Å². The molecule has 1 aromatic carbocycles. The maximum atomic E-state index is 12.9. The molecule has 1 heterocycles. The Balaban J connectivity index is 1.51. The molecule has 0 radical (unpaired) electrons. The lowest BCUT2D eigenvalue weighted by molar-refractivity contribution is -0.118. The summed E-state index contributed by atoms with van der Waals surface area (Å²) in [6.45, 7) is 0.708. The zero-order valence-electron chi connectivity index (χ0n) is 19.3. The molecule has 2 aliphatic rings. The number of aryl methyl sites for hydroxylation is 3. The Morgan fingerprint density at radius 1 is 1.12 bits per heavy atom. The molecular formula is C23H30N4O5S. The van der Waals surface area contributed by atoms with Gasteiger partial charge in [-0.2, -0.15) is 13.5 Å². The van der Waals surface area contributed by atoms with E-state index in [4.69, 9.17) is 4.74 Å². The van der Waals surface area contributed by atoms with E-state index in [2.05, 4.69) is 15.9 Å². The van der Waals surface area contributed by atoms with Crippen LogP contribution in [0.3, 0.4) is 0 Å². The molecule has 1 N–H and O–H groups in total. The molecule has 0 fully saturated rings. The number of aromatic nitrogens is 2. The molecule has 0 aliphatic heterocycles. The van der Waals surface area contributed by atoms with Gasteiger partial charge in [0.2, 0.25) is 5.91 Å². The van der Waals surface area contributed by atoms with Crippen molar-refractivity contribution < 1.29 is 22.7 Å². The fraction of sp³-hybridized carbons (Fsp3) is 0.522. The Labute approximate surface area is 194 Å². The molecule has 9 nitrogen and oxygen atoms in total. The van der Waals surface area contributed by atoms with Gasteiger partial charge < -0.3 is 9.64 Å². The number of sulfonamides is 1. The summed E-state index contributed by atoms with van der Waals surface area (Å²) in [4.78, 5) is 26.9. The zero-order chi connectivity index (χ0) is 23.8. The van der Waals surface area contributed by atoms with Gasteiger partial charge in [-0.25, -0.2) is 4.72 Å². The van der Waals surface area contributed by atoms with Gasteiger partial charge in [0.25, 0.3) is 15.9 Å². The lowest BCUT2D eigenvalue weighted by Gasteiger charge is -2.16.